The first-order valence-corrected chi connectivity index (χ1v) is 9.70. The van der Waals surface area contributed by atoms with E-state index in [1.807, 2.05) is 12.3 Å². The molecule has 0 aromatic heterocycles. The molecule has 0 amide bonds. The van der Waals surface area contributed by atoms with Crippen molar-refractivity contribution < 1.29 is 9.47 Å². The van der Waals surface area contributed by atoms with Crippen molar-refractivity contribution in [3.05, 3.63) is 35.6 Å². The Labute approximate surface area is 149 Å². The van der Waals surface area contributed by atoms with E-state index in [0.717, 1.165) is 30.8 Å². The third-order valence-electron chi connectivity index (χ3n) is 4.33. The minimum absolute atomic E-state index is 0.802. The third kappa shape index (κ3) is 8.42. The Morgan fingerprint density at radius 2 is 1.62 bits per heavy atom. The van der Waals surface area contributed by atoms with Gasteiger partial charge in [0.1, 0.15) is 0 Å². The second-order valence-electron chi connectivity index (χ2n) is 6.69. The Bertz CT molecular complexity index is 477. The van der Waals surface area contributed by atoms with Crippen LogP contribution in [0.5, 0.6) is 11.5 Å². The lowest BCUT2D eigenvalue weighted by atomic mass is 10.1. The fraction of sp³-hybridized carbons (Fsp3) is 0.636. The maximum absolute atomic E-state index is 5.85. The van der Waals surface area contributed by atoms with Crippen LogP contribution in [0.4, 0.5) is 0 Å². The number of benzene rings is 1. The predicted molar refractivity (Wildman–Crippen MR) is 104 cm³/mol. The van der Waals surface area contributed by atoms with Gasteiger partial charge in [-0.3, -0.25) is 0 Å². The number of unbranched alkanes of at least 4 members (excludes halogenated alkanes) is 6. The molecular weight excluding hydrogens is 296 g/mol. The Morgan fingerprint density at radius 1 is 0.917 bits per heavy atom. The van der Waals surface area contributed by atoms with E-state index >= 15 is 0 Å². The molecular formula is C22H36O2. The van der Waals surface area contributed by atoms with Gasteiger partial charge in [-0.2, -0.15) is 0 Å². The lowest BCUT2D eigenvalue weighted by Crippen LogP contribution is -1.93. The van der Waals surface area contributed by atoms with Crippen LogP contribution in [0.2, 0.25) is 0 Å². The summed E-state index contributed by atoms with van der Waals surface area (Å²) in [5.41, 5.74) is 2.59. The molecule has 0 saturated heterocycles. The summed E-state index contributed by atoms with van der Waals surface area (Å²) in [4.78, 5) is 0. The van der Waals surface area contributed by atoms with Crippen LogP contribution in [-0.2, 0) is 6.42 Å². The molecule has 0 spiro atoms. The molecule has 24 heavy (non-hydrogen) atoms. The molecule has 2 heteroatoms. The van der Waals surface area contributed by atoms with Crippen LogP contribution in [0.1, 0.15) is 84.1 Å². The largest absolute Gasteiger partial charge is 0.493 e. The number of allylic oxidation sites excluding steroid dienone is 1. The second-order valence-corrected chi connectivity index (χ2v) is 6.69. The van der Waals surface area contributed by atoms with Gasteiger partial charge in [0.05, 0.1) is 13.4 Å². The SMILES string of the molecule is CCCCCCCCCC(C)=COc1ccc(CCC)cc1OC. The highest BCUT2D eigenvalue weighted by atomic mass is 16.5. The van der Waals surface area contributed by atoms with E-state index in [1.54, 1.807) is 7.11 Å². The zero-order chi connectivity index (χ0) is 17.6. The Morgan fingerprint density at radius 3 is 2.29 bits per heavy atom. The Balaban J connectivity index is 2.36. The van der Waals surface area contributed by atoms with Crippen LogP contribution in [0.3, 0.4) is 0 Å². The first-order chi connectivity index (χ1) is 11.7. The maximum atomic E-state index is 5.85. The van der Waals surface area contributed by atoms with Gasteiger partial charge >= 0.3 is 0 Å². The highest BCUT2D eigenvalue weighted by Crippen LogP contribution is 2.29. The first kappa shape index (κ1) is 20.6. The minimum Gasteiger partial charge on any atom is -0.493 e. The number of aryl methyl sites for hydroxylation is 1. The summed E-state index contributed by atoms with van der Waals surface area (Å²) in [6.45, 7) is 6.60. The van der Waals surface area contributed by atoms with Crippen molar-refractivity contribution in [3.8, 4) is 11.5 Å². The molecule has 0 aliphatic carbocycles. The van der Waals surface area contributed by atoms with E-state index < -0.39 is 0 Å². The summed E-state index contributed by atoms with van der Waals surface area (Å²) in [5, 5.41) is 0. The Hall–Kier alpha value is -1.44. The summed E-state index contributed by atoms with van der Waals surface area (Å²) in [5.74, 6) is 1.62. The van der Waals surface area contributed by atoms with E-state index in [4.69, 9.17) is 9.47 Å². The van der Waals surface area contributed by atoms with Crippen molar-refractivity contribution in [1.82, 2.24) is 0 Å². The molecule has 0 saturated carbocycles. The maximum Gasteiger partial charge on any atom is 0.168 e. The molecule has 1 rings (SSSR count). The third-order valence-corrected chi connectivity index (χ3v) is 4.33. The van der Waals surface area contributed by atoms with Crippen molar-refractivity contribution in [2.45, 2.75) is 85.0 Å². The fourth-order valence-corrected chi connectivity index (χ4v) is 2.84. The normalized spacial score (nSPS) is 11.6. The zero-order valence-corrected chi connectivity index (χ0v) is 16.2. The molecule has 0 aliphatic rings. The summed E-state index contributed by atoms with van der Waals surface area (Å²) in [6, 6.07) is 6.22. The quantitative estimate of drug-likeness (QED) is 0.284. The number of ether oxygens (including phenoxy) is 2. The Kier molecular flexibility index (Phi) is 11.1. The summed E-state index contributed by atoms with van der Waals surface area (Å²) >= 11 is 0. The van der Waals surface area contributed by atoms with E-state index in [2.05, 4.69) is 32.9 Å². The molecule has 1 aromatic carbocycles. The van der Waals surface area contributed by atoms with E-state index in [0.29, 0.717) is 0 Å². The van der Waals surface area contributed by atoms with Crippen molar-refractivity contribution in [2.24, 2.45) is 0 Å². The van der Waals surface area contributed by atoms with E-state index in [9.17, 15) is 0 Å². The summed E-state index contributed by atoms with van der Waals surface area (Å²) in [7, 11) is 1.70. The van der Waals surface area contributed by atoms with E-state index in [1.165, 1.54) is 56.1 Å². The second kappa shape index (κ2) is 12.9. The predicted octanol–water partition coefficient (Wildman–Crippen LogP) is 7.07. The lowest BCUT2D eigenvalue weighted by Gasteiger charge is -2.10. The van der Waals surface area contributed by atoms with Gasteiger partial charge in [-0.05, 0) is 49.5 Å². The van der Waals surface area contributed by atoms with Gasteiger partial charge in [-0.15, -0.1) is 0 Å². The van der Waals surface area contributed by atoms with Gasteiger partial charge in [0.15, 0.2) is 11.5 Å². The smallest absolute Gasteiger partial charge is 0.168 e. The standard InChI is InChI=1S/C22H36O2/c1-5-7-8-9-10-11-12-14-19(3)18-24-21-16-15-20(13-6-2)17-22(21)23-4/h15-18H,5-14H2,1-4H3. The molecule has 0 aliphatic heterocycles. The highest BCUT2D eigenvalue weighted by molar-refractivity contribution is 5.43. The molecule has 0 unspecified atom stereocenters. The number of hydrogen-bond donors (Lipinski definition) is 0. The number of methoxy groups -OCH3 is 1. The van der Waals surface area contributed by atoms with Crippen molar-refractivity contribution >= 4 is 0 Å². The van der Waals surface area contributed by atoms with Gasteiger partial charge in [0, 0.05) is 0 Å². The molecule has 136 valence electrons. The van der Waals surface area contributed by atoms with Gasteiger partial charge in [0.2, 0.25) is 0 Å². The number of rotatable bonds is 13. The molecule has 0 fully saturated rings. The summed E-state index contributed by atoms with van der Waals surface area (Å²) < 4.78 is 11.3. The van der Waals surface area contributed by atoms with Crippen LogP contribution >= 0.6 is 0 Å². The average molecular weight is 333 g/mol. The van der Waals surface area contributed by atoms with Crippen LogP contribution in [0.25, 0.3) is 0 Å². The molecule has 0 N–H and O–H groups in total. The molecule has 0 atom stereocenters. The van der Waals surface area contributed by atoms with Crippen molar-refractivity contribution in [2.75, 3.05) is 7.11 Å². The zero-order valence-electron chi connectivity index (χ0n) is 16.2. The fourth-order valence-electron chi connectivity index (χ4n) is 2.84. The molecule has 0 heterocycles. The van der Waals surface area contributed by atoms with Crippen LogP contribution < -0.4 is 9.47 Å². The first-order valence-electron chi connectivity index (χ1n) is 9.70. The van der Waals surface area contributed by atoms with E-state index in [-0.39, 0.29) is 0 Å². The van der Waals surface area contributed by atoms with Crippen molar-refractivity contribution in [3.63, 3.8) is 0 Å². The molecule has 1 aromatic rings. The molecule has 2 nitrogen and oxygen atoms in total. The molecule has 0 bridgehead atoms. The van der Waals surface area contributed by atoms with Gasteiger partial charge in [-0.1, -0.05) is 64.9 Å². The van der Waals surface area contributed by atoms with Gasteiger partial charge in [-0.25, -0.2) is 0 Å². The van der Waals surface area contributed by atoms with Gasteiger partial charge < -0.3 is 9.47 Å². The average Bonchev–Trinajstić information content (AvgIpc) is 2.60. The van der Waals surface area contributed by atoms with Gasteiger partial charge in [0.25, 0.3) is 0 Å². The van der Waals surface area contributed by atoms with Crippen LogP contribution in [-0.4, -0.2) is 7.11 Å². The van der Waals surface area contributed by atoms with Crippen LogP contribution in [0, 0.1) is 0 Å². The topological polar surface area (TPSA) is 18.5 Å². The lowest BCUT2D eigenvalue weighted by molar-refractivity contribution is 0.376. The number of hydrogen-bond acceptors (Lipinski definition) is 2. The summed E-state index contributed by atoms with van der Waals surface area (Å²) in [6.07, 6.45) is 14.6. The highest BCUT2D eigenvalue weighted by Gasteiger charge is 2.05. The molecule has 0 radical (unpaired) electrons. The van der Waals surface area contributed by atoms with Crippen LogP contribution in [0.15, 0.2) is 30.0 Å². The van der Waals surface area contributed by atoms with Crippen molar-refractivity contribution in [1.29, 1.82) is 0 Å². The monoisotopic (exact) mass is 332 g/mol. The minimum atomic E-state index is 0.802.